The van der Waals surface area contributed by atoms with Crippen molar-refractivity contribution in [2.24, 2.45) is 10.8 Å². The molecule has 1 heterocycles. The zero-order chi connectivity index (χ0) is 31.9. The maximum Gasteiger partial charge on any atom is 0.162 e. The van der Waals surface area contributed by atoms with Crippen LogP contribution in [0.25, 0.3) is 0 Å². The molecular formula is C39H43NO5. The second kappa shape index (κ2) is 11.9. The molecule has 0 fully saturated rings. The molecule has 0 bridgehead atoms. The lowest BCUT2D eigenvalue weighted by Gasteiger charge is -2.48. The van der Waals surface area contributed by atoms with Gasteiger partial charge < -0.3 is 19.1 Å². The van der Waals surface area contributed by atoms with Crippen LogP contribution in [0.5, 0.6) is 17.2 Å². The molecule has 2 aliphatic carbocycles. The summed E-state index contributed by atoms with van der Waals surface area (Å²) < 4.78 is 18.2. The smallest absolute Gasteiger partial charge is 0.162 e. The molecule has 0 amide bonds. The van der Waals surface area contributed by atoms with Gasteiger partial charge in [0.25, 0.3) is 0 Å². The Kier molecular flexibility index (Phi) is 8.11. The predicted molar refractivity (Wildman–Crippen MR) is 175 cm³/mol. The Morgan fingerprint density at radius 2 is 1.22 bits per heavy atom. The first-order valence-electron chi connectivity index (χ1n) is 15.8. The highest BCUT2D eigenvalue weighted by molar-refractivity contribution is 6.07. The lowest BCUT2D eigenvalue weighted by Crippen LogP contribution is -2.43. The molecule has 0 atom stereocenters. The quantitative estimate of drug-likeness (QED) is 0.258. The van der Waals surface area contributed by atoms with Crippen LogP contribution in [0.15, 0.2) is 95.3 Å². The molecule has 3 aromatic rings. The Hall–Kier alpha value is -4.32. The number of rotatable bonds is 8. The van der Waals surface area contributed by atoms with Gasteiger partial charge in [-0.3, -0.25) is 9.59 Å². The molecular weight excluding hydrogens is 562 g/mol. The second-order valence-corrected chi connectivity index (χ2v) is 14.2. The Labute approximate surface area is 266 Å². The average Bonchev–Trinajstić information content (AvgIpc) is 3.00. The largest absolute Gasteiger partial charge is 0.493 e. The third kappa shape index (κ3) is 6.15. The van der Waals surface area contributed by atoms with Crippen LogP contribution in [0.4, 0.5) is 0 Å². The number of hydrogen-bond acceptors (Lipinski definition) is 6. The van der Waals surface area contributed by atoms with Gasteiger partial charge in [-0.05, 0) is 53.0 Å². The third-order valence-electron chi connectivity index (χ3n) is 9.27. The summed E-state index contributed by atoms with van der Waals surface area (Å²) in [4.78, 5) is 30.0. The number of Topliss-reactive ketones (excluding diaryl/α,β-unsaturated/α-hetero) is 2. The lowest BCUT2D eigenvalue weighted by atomic mass is 9.63. The van der Waals surface area contributed by atoms with Crippen molar-refractivity contribution in [1.29, 1.82) is 0 Å². The number of hydrogen-bond donors (Lipinski definition) is 0. The van der Waals surface area contributed by atoms with Crippen LogP contribution >= 0.6 is 0 Å². The molecule has 1 aliphatic heterocycles. The summed E-state index contributed by atoms with van der Waals surface area (Å²) in [7, 11) is 3.67. The number of methoxy groups -OCH3 is 1. The number of benzene rings is 3. The fourth-order valence-electron chi connectivity index (χ4n) is 7.14. The summed E-state index contributed by atoms with van der Waals surface area (Å²) in [5.74, 6) is 1.75. The fraction of sp³-hybridized carbons (Fsp3) is 0.385. The van der Waals surface area contributed by atoms with Gasteiger partial charge in [-0.25, -0.2) is 0 Å². The fourth-order valence-corrected chi connectivity index (χ4v) is 7.14. The summed E-state index contributed by atoms with van der Waals surface area (Å²) in [6.45, 7) is 9.35. The molecule has 234 valence electrons. The maximum absolute atomic E-state index is 13.9. The number of para-hydroxylation sites is 1. The molecule has 6 heteroatoms. The van der Waals surface area contributed by atoms with E-state index in [9.17, 15) is 9.59 Å². The van der Waals surface area contributed by atoms with E-state index in [1.54, 1.807) is 7.11 Å². The van der Waals surface area contributed by atoms with Gasteiger partial charge in [0.15, 0.2) is 23.1 Å². The van der Waals surface area contributed by atoms with E-state index < -0.39 is 5.92 Å². The summed E-state index contributed by atoms with van der Waals surface area (Å²) in [6, 6.07) is 23.7. The van der Waals surface area contributed by atoms with Crippen molar-refractivity contribution in [3.63, 3.8) is 0 Å². The summed E-state index contributed by atoms with van der Waals surface area (Å²) in [6.07, 6.45) is 2.49. The van der Waals surface area contributed by atoms with Gasteiger partial charge in [0, 0.05) is 53.9 Å². The molecule has 45 heavy (non-hydrogen) atoms. The van der Waals surface area contributed by atoms with Crippen molar-refractivity contribution >= 4 is 11.6 Å². The number of allylic oxidation sites excluding steroid dienone is 4. The highest BCUT2D eigenvalue weighted by Crippen LogP contribution is 2.55. The van der Waals surface area contributed by atoms with Crippen molar-refractivity contribution < 1.29 is 23.8 Å². The van der Waals surface area contributed by atoms with Crippen molar-refractivity contribution in [3.8, 4) is 17.2 Å². The first-order chi connectivity index (χ1) is 21.5. The SMILES string of the molecule is COc1cc(COc2ccccc2C2C3=C(CC(C)(C)CC3=O)N(C)C3=C2C(=O)CC(C)(C)C3)ccc1OCc1ccccc1. The first kappa shape index (κ1) is 30.7. The standard InChI is InChI=1S/C39H43NO5/c1-38(2)19-28-36(30(41)21-38)35(37-29(40(28)5)20-39(3,4)22-31(37)42)27-14-10-11-15-32(27)44-24-26-16-17-33(34(18-26)43-6)45-23-25-12-8-7-9-13-25/h7-18,35H,19-24H2,1-6H3. The normalized spacial score (nSPS) is 19.3. The van der Waals surface area contributed by atoms with Gasteiger partial charge in [-0.1, -0.05) is 82.3 Å². The van der Waals surface area contributed by atoms with Crippen molar-refractivity contribution in [2.75, 3.05) is 14.2 Å². The molecule has 0 aromatic heterocycles. The molecule has 0 saturated carbocycles. The monoisotopic (exact) mass is 605 g/mol. The Balaban J connectivity index is 1.33. The van der Waals surface area contributed by atoms with Crippen LogP contribution in [-0.2, 0) is 22.8 Å². The van der Waals surface area contributed by atoms with Crippen molar-refractivity contribution in [3.05, 3.63) is 112 Å². The number of ether oxygens (including phenoxy) is 3. The van der Waals surface area contributed by atoms with Gasteiger partial charge in [-0.15, -0.1) is 0 Å². The van der Waals surface area contributed by atoms with Crippen LogP contribution in [0.2, 0.25) is 0 Å². The van der Waals surface area contributed by atoms with Crippen LogP contribution < -0.4 is 14.2 Å². The van der Waals surface area contributed by atoms with E-state index in [0.717, 1.165) is 52.1 Å². The molecule has 0 radical (unpaired) electrons. The highest BCUT2D eigenvalue weighted by Gasteiger charge is 2.48. The minimum Gasteiger partial charge on any atom is -0.493 e. The van der Waals surface area contributed by atoms with Crippen LogP contribution in [0, 0.1) is 10.8 Å². The van der Waals surface area contributed by atoms with E-state index in [1.807, 2.05) is 79.8 Å². The number of ketones is 2. The maximum atomic E-state index is 13.9. The third-order valence-corrected chi connectivity index (χ3v) is 9.27. The first-order valence-corrected chi connectivity index (χ1v) is 15.8. The van der Waals surface area contributed by atoms with Gasteiger partial charge in [-0.2, -0.15) is 0 Å². The van der Waals surface area contributed by atoms with E-state index in [0.29, 0.717) is 43.3 Å². The summed E-state index contributed by atoms with van der Waals surface area (Å²) >= 11 is 0. The molecule has 6 nitrogen and oxygen atoms in total. The molecule has 6 rings (SSSR count). The van der Waals surface area contributed by atoms with Gasteiger partial charge in [0.05, 0.1) is 7.11 Å². The highest BCUT2D eigenvalue weighted by atomic mass is 16.5. The zero-order valence-electron chi connectivity index (χ0n) is 27.2. The Morgan fingerprint density at radius 3 is 1.84 bits per heavy atom. The van der Waals surface area contributed by atoms with E-state index >= 15 is 0 Å². The molecule has 0 spiro atoms. The number of carbonyl (C=O) groups is 2. The van der Waals surface area contributed by atoms with Crippen LogP contribution in [0.1, 0.15) is 76.0 Å². The Bertz CT molecular complexity index is 1640. The van der Waals surface area contributed by atoms with Crippen LogP contribution in [-0.4, -0.2) is 30.6 Å². The summed E-state index contributed by atoms with van der Waals surface area (Å²) in [5, 5.41) is 0. The molecule has 3 aromatic carbocycles. The van der Waals surface area contributed by atoms with Crippen molar-refractivity contribution in [1.82, 2.24) is 4.90 Å². The lowest BCUT2D eigenvalue weighted by molar-refractivity contribution is -0.119. The van der Waals surface area contributed by atoms with E-state index in [1.165, 1.54) is 0 Å². The Morgan fingerprint density at radius 1 is 0.667 bits per heavy atom. The molecule has 0 saturated heterocycles. The predicted octanol–water partition coefficient (Wildman–Crippen LogP) is 8.17. The zero-order valence-corrected chi connectivity index (χ0v) is 27.2. The minimum absolute atomic E-state index is 0.118. The van der Waals surface area contributed by atoms with Crippen LogP contribution in [0.3, 0.4) is 0 Å². The van der Waals surface area contributed by atoms with E-state index in [2.05, 4.69) is 32.6 Å². The van der Waals surface area contributed by atoms with Gasteiger partial charge in [0.1, 0.15) is 19.0 Å². The molecule has 0 N–H and O–H groups in total. The summed E-state index contributed by atoms with van der Waals surface area (Å²) in [5.41, 5.74) is 6.15. The molecule has 0 unspecified atom stereocenters. The van der Waals surface area contributed by atoms with Gasteiger partial charge >= 0.3 is 0 Å². The second-order valence-electron chi connectivity index (χ2n) is 14.2. The van der Waals surface area contributed by atoms with E-state index in [-0.39, 0.29) is 22.4 Å². The van der Waals surface area contributed by atoms with Crippen molar-refractivity contribution in [2.45, 2.75) is 72.5 Å². The minimum atomic E-state index is -0.446. The topological polar surface area (TPSA) is 65.1 Å². The van der Waals surface area contributed by atoms with E-state index in [4.69, 9.17) is 14.2 Å². The number of carbonyl (C=O) groups excluding carboxylic acids is 2. The number of nitrogens with zero attached hydrogens (tertiary/aromatic N) is 1. The molecule has 3 aliphatic rings. The van der Waals surface area contributed by atoms with Gasteiger partial charge in [0.2, 0.25) is 0 Å². The average molecular weight is 606 g/mol.